The van der Waals surface area contributed by atoms with Crippen LogP contribution in [0.25, 0.3) is 0 Å². The highest BCUT2D eigenvalue weighted by Crippen LogP contribution is 2.47. The Balaban J connectivity index is 2.09. The van der Waals surface area contributed by atoms with Crippen molar-refractivity contribution >= 4 is 17.3 Å². The van der Waals surface area contributed by atoms with Gasteiger partial charge in [0.15, 0.2) is 0 Å². The van der Waals surface area contributed by atoms with E-state index in [9.17, 15) is 5.21 Å². The minimum Gasteiger partial charge on any atom is -0.411 e. The highest BCUT2D eigenvalue weighted by atomic mass is 35.5. The van der Waals surface area contributed by atoms with Crippen molar-refractivity contribution in [3.05, 3.63) is 70.2 Å². The third-order valence-electron chi connectivity index (χ3n) is 4.93. The number of hydrogen-bond donors (Lipinski definition) is 1. The van der Waals surface area contributed by atoms with Crippen molar-refractivity contribution in [1.29, 1.82) is 0 Å². The van der Waals surface area contributed by atoms with Gasteiger partial charge < -0.3 is 5.21 Å². The van der Waals surface area contributed by atoms with Gasteiger partial charge in [-0.2, -0.15) is 0 Å². The van der Waals surface area contributed by atoms with Gasteiger partial charge in [0.05, 0.1) is 11.1 Å². The van der Waals surface area contributed by atoms with E-state index in [1.165, 1.54) is 11.1 Å². The Morgan fingerprint density at radius 2 is 1.48 bits per heavy atom. The summed E-state index contributed by atoms with van der Waals surface area (Å²) in [6.45, 7) is 6.63. The standard InChI is InChI=1S/C20H22ClNO/c1-19(2,3)14-4-6-15(7-5-14)20(13-12-18(20)22-23)16-8-10-17(21)11-9-16/h4-11,23H,12-13H2,1-3H3. The molecule has 23 heavy (non-hydrogen) atoms. The Hall–Kier alpha value is -1.80. The van der Waals surface area contributed by atoms with Gasteiger partial charge in [0.25, 0.3) is 0 Å². The Morgan fingerprint density at radius 1 is 0.957 bits per heavy atom. The molecule has 3 rings (SSSR count). The maximum atomic E-state index is 9.44. The molecule has 3 heteroatoms. The number of oxime groups is 1. The van der Waals surface area contributed by atoms with Crippen LogP contribution in [0.1, 0.15) is 50.3 Å². The normalized spacial score (nSPS) is 22.9. The molecule has 0 spiro atoms. The lowest BCUT2D eigenvalue weighted by Gasteiger charge is -2.43. The molecule has 0 amide bonds. The molecule has 0 heterocycles. The summed E-state index contributed by atoms with van der Waals surface area (Å²) in [5.41, 5.74) is 4.23. The molecule has 1 aliphatic rings. The van der Waals surface area contributed by atoms with Crippen molar-refractivity contribution in [2.24, 2.45) is 5.16 Å². The summed E-state index contributed by atoms with van der Waals surface area (Å²) >= 11 is 6.03. The van der Waals surface area contributed by atoms with E-state index in [2.05, 4.69) is 50.2 Å². The van der Waals surface area contributed by atoms with Crippen LogP contribution in [0.4, 0.5) is 0 Å². The van der Waals surface area contributed by atoms with E-state index >= 15 is 0 Å². The SMILES string of the molecule is CC(C)(C)c1ccc(C2(c3ccc(Cl)cc3)CCC2=NO)cc1. The average Bonchev–Trinajstić information content (AvgIpc) is 2.49. The number of halogens is 1. The number of benzene rings is 2. The van der Waals surface area contributed by atoms with Gasteiger partial charge in [-0.3, -0.25) is 0 Å². The summed E-state index contributed by atoms with van der Waals surface area (Å²) < 4.78 is 0. The average molecular weight is 328 g/mol. The van der Waals surface area contributed by atoms with Crippen LogP contribution >= 0.6 is 11.6 Å². The lowest BCUT2D eigenvalue weighted by atomic mass is 9.59. The quantitative estimate of drug-likeness (QED) is 0.569. The van der Waals surface area contributed by atoms with Gasteiger partial charge >= 0.3 is 0 Å². The molecule has 0 bridgehead atoms. The van der Waals surface area contributed by atoms with Gasteiger partial charge in [-0.05, 0) is 47.1 Å². The molecular weight excluding hydrogens is 306 g/mol. The van der Waals surface area contributed by atoms with Gasteiger partial charge in [-0.25, -0.2) is 0 Å². The molecular formula is C20H22ClNO. The zero-order chi connectivity index (χ0) is 16.7. The van der Waals surface area contributed by atoms with Crippen LogP contribution < -0.4 is 0 Å². The first-order valence-electron chi connectivity index (χ1n) is 7.96. The second kappa shape index (κ2) is 5.68. The number of rotatable bonds is 2. The molecule has 1 unspecified atom stereocenters. The van der Waals surface area contributed by atoms with Crippen LogP contribution in [0.15, 0.2) is 53.7 Å². The van der Waals surface area contributed by atoms with Crippen molar-refractivity contribution in [2.45, 2.75) is 44.4 Å². The summed E-state index contributed by atoms with van der Waals surface area (Å²) in [5.74, 6) is 0. The fourth-order valence-electron chi connectivity index (χ4n) is 3.40. The van der Waals surface area contributed by atoms with Crippen LogP contribution in [0.3, 0.4) is 0 Å². The highest BCUT2D eigenvalue weighted by molar-refractivity contribution is 6.30. The molecule has 1 atom stereocenters. The smallest absolute Gasteiger partial charge is 0.0720 e. The summed E-state index contributed by atoms with van der Waals surface area (Å²) in [7, 11) is 0. The van der Waals surface area contributed by atoms with Crippen molar-refractivity contribution in [1.82, 2.24) is 0 Å². The first-order valence-corrected chi connectivity index (χ1v) is 8.34. The van der Waals surface area contributed by atoms with Crippen molar-refractivity contribution < 1.29 is 5.21 Å². The minimum absolute atomic E-state index is 0.124. The summed E-state index contributed by atoms with van der Waals surface area (Å²) in [4.78, 5) is 0. The van der Waals surface area contributed by atoms with E-state index < -0.39 is 0 Å². The third kappa shape index (κ3) is 2.66. The first kappa shape index (κ1) is 16.1. The lowest BCUT2D eigenvalue weighted by Crippen LogP contribution is -2.46. The maximum Gasteiger partial charge on any atom is 0.0720 e. The molecule has 120 valence electrons. The molecule has 0 aromatic heterocycles. The van der Waals surface area contributed by atoms with E-state index in [-0.39, 0.29) is 10.8 Å². The van der Waals surface area contributed by atoms with E-state index in [0.29, 0.717) is 5.02 Å². The Kier molecular flexibility index (Phi) is 3.97. The van der Waals surface area contributed by atoms with Crippen LogP contribution in [-0.4, -0.2) is 10.9 Å². The van der Waals surface area contributed by atoms with E-state index in [0.717, 1.165) is 24.1 Å². The Bertz CT molecular complexity index is 726. The van der Waals surface area contributed by atoms with E-state index in [4.69, 9.17) is 11.6 Å². The first-order chi connectivity index (χ1) is 10.9. The summed E-state index contributed by atoms with van der Waals surface area (Å²) in [5, 5.41) is 13.7. The fourth-order valence-corrected chi connectivity index (χ4v) is 3.53. The molecule has 1 N–H and O–H groups in total. The molecule has 1 aliphatic carbocycles. The molecule has 2 aromatic rings. The Labute approximate surface area is 142 Å². The van der Waals surface area contributed by atoms with Gasteiger partial charge in [0.2, 0.25) is 0 Å². The van der Waals surface area contributed by atoms with Crippen molar-refractivity contribution in [3.63, 3.8) is 0 Å². The molecule has 0 saturated heterocycles. The largest absolute Gasteiger partial charge is 0.411 e. The van der Waals surface area contributed by atoms with Crippen molar-refractivity contribution in [3.8, 4) is 0 Å². The van der Waals surface area contributed by atoms with Crippen LogP contribution in [-0.2, 0) is 10.8 Å². The predicted octanol–water partition coefficient (Wildman–Crippen LogP) is 5.55. The third-order valence-corrected chi connectivity index (χ3v) is 5.18. The van der Waals surface area contributed by atoms with Gasteiger partial charge in [0, 0.05) is 5.02 Å². The van der Waals surface area contributed by atoms with E-state index in [1.807, 2.05) is 24.3 Å². The second-order valence-electron chi connectivity index (χ2n) is 7.29. The van der Waals surface area contributed by atoms with Crippen molar-refractivity contribution in [2.75, 3.05) is 0 Å². The summed E-state index contributed by atoms with van der Waals surface area (Å²) in [6, 6.07) is 16.6. The maximum absolute atomic E-state index is 9.44. The molecule has 0 aliphatic heterocycles. The highest BCUT2D eigenvalue weighted by Gasteiger charge is 2.47. The molecule has 0 radical (unpaired) electrons. The fraction of sp³-hybridized carbons (Fsp3) is 0.350. The summed E-state index contributed by atoms with van der Waals surface area (Å²) in [6.07, 6.45) is 1.77. The zero-order valence-corrected chi connectivity index (χ0v) is 14.6. The Morgan fingerprint density at radius 3 is 1.87 bits per heavy atom. The van der Waals surface area contributed by atoms with Gasteiger partial charge in [0.1, 0.15) is 0 Å². The van der Waals surface area contributed by atoms with Gasteiger partial charge in [-0.15, -0.1) is 0 Å². The minimum atomic E-state index is -0.324. The van der Waals surface area contributed by atoms with Crippen LogP contribution in [0.2, 0.25) is 5.02 Å². The topological polar surface area (TPSA) is 32.6 Å². The zero-order valence-electron chi connectivity index (χ0n) is 13.8. The van der Waals surface area contributed by atoms with Crippen LogP contribution in [0, 0.1) is 0 Å². The predicted molar refractivity (Wildman–Crippen MR) is 95.8 cm³/mol. The molecule has 1 fully saturated rings. The van der Waals surface area contributed by atoms with Crippen LogP contribution in [0.5, 0.6) is 0 Å². The molecule has 1 saturated carbocycles. The second-order valence-corrected chi connectivity index (χ2v) is 7.72. The number of hydrogen-bond acceptors (Lipinski definition) is 2. The monoisotopic (exact) mass is 327 g/mol. The molecule has 2 nitrogen and oxygen atoms in total. The van der Waals surface area contributed by atoms with E-state index in [1.54, 1.807) is 0 Å². The lowest BCUT2D eigenvalue weighted by molar-refractivity contribution is 0.304. The molecule has 2 aromatic carbocycles. The van der Waals surface area contributed by atoms with Gasteiger partial charge in [-0.1, -0.05) is 73.9 Å². The number of nitrogens with zero attached hydrogens (tertiary/aromatic N) is 1.